The summed E-state index contributed by atoms with van der Waals surface area (Å²) >= 11 is 0. The summed E-state index contributed by atoms with van der Waals surface area (Å²) in [5.41, 5.74) is 36.4. The van der Waals surface area contributed by atoms with Gasteiger partial charge in [-0.3, -0.25) is 0 Å². The fourth-order valence-electron chi connectivity index (χ4n) is 26.1. The van der Waals surface area contributed by atoms with Gasteiger partial charge in [0.15, 0.2) is 0 Å². The summed E-state index contributed by atoms with van der Waals surface area (Å²) in [6.45, 7) is 14.4. The van der Waals surface area contributed by atoms with Gasteiger partial charge in [-0.1, -0.05) is 448 Å². The standard InChI is InChI=1S/2C53H36.C43H30/c1-53(2)51-31-40(39-18-15-33-9-3-6-12-36(33)25-39)21-22-47(51)50-30-43-28-48-45(41-19-16-34-10-4-7-13-37(34)26-41)23-24-46(49(48)29-44(43)32-52(50)53)42-20-17-35-11-5-8-14-38(35)27-42;1-53(2)49-30-38(42-21-11-17-35-14-7-8-18-41(35)42)26-27-43(49)46-31-47-48(32-50(46)53)52(40-25-23-34-13-4-6-16-37(34)29-40)45-20-10-9-19-44(45)51(47)39-24-22-33-12-3-5-15-36(33)28-39;1-43(2)39-18-10-9-15-33(39)36-25-37-38(26-40(36)43)42(32-22-20-28-12-4-6-14-30(28)24-32)35-17-8-7-16-34(35)41(37)31-21-19-27-11-3-5-13-29(27)23-31/h2*3-32H,1-2H3;3-26H,1-2H3. The van der Waals surface area contributed by atoms with Crippen molar-refractivity contribution in [2.75, 3.05) is 0 Å². The Balaban J connectivity index is 0.000000106. The first kappa shape index (κ1) is 87.4. The molecular formula is C149H102. The van der Waals surface area contributed by atoms with Gasteiger partial charge in [0, 0.05) is 16.2 Å². The minimum Gasteiger partial charge on any atom is -0.0619 e. The minimum atomic E-state index is -0.186. The van der Waals surface area contributed by atoms with E-state index >= 15 is 0 Å². The van der Waals surface area contributed by atoms with Crippen LogP contribution < -0.4 is 0 Å². The summed E-state index contributed by atoms with van der Waals surface area (Å²) in [6, 6.07) is 191. The normalized spacial score (nSPS) is 13.3. The van der Waals surface area contributed by atoms with E-state index in [0.29, 0.717) is 0 Å². The molecule has 698 valence electrons. The van der Waals surface area contributed by atoms with Crippen molar-refractivity contribution in [3.05, 3.63) is 543 Å². The first-order chi connectivity index (χ1) is 73.1. The first-order valence-corrected chi connectivity index (χ1v) is 52.5. The van der Waals surface area contributed by atoms with Crippen LogP contribution in [-0.4, -0.2) is 0 Å². The predicted octanol–water partition coefficient (Wildman–Crippen LogP) is 41.5. The maximum atomic E-state index is 2.55. The van der Waals surface area contributed by atoms with E-state index in [1.807, 2.05) is 0 Å². The Morgan fingerprint density at radius 3 is 0.732 bits per heavy atom. The molecule has 0 saturated carbocycles. The lowest BCUT2D eigenvalue weighted by molar-refractivity contribution is 0.661. The van der Waals surface area contributed by atoms with Crippen LogP contribution in [0.5, 0.6) is 0 Å². The van der Waals surface area contributed by atoms with E-state index < -0.39 is 0 Å². The smallest absolute Gasteiger partial charge is 0.0159 e. The van der Waals surface area contributed by atoms with E-state index in [0.717, 1.165) is 0 Å². The summed E-state index contributed by atoms with van der Waals surface area (Å²) in [5, 5.41) is 35.8. The number of rotatable bonds is 8. The van der Waals surface area contributed by atoms with Crippen LogP contribution in [0.2, 0.25) is 0 Å². The van der Waals surface area contributed by atoms with Crippen molar-refractivity contribution >= 4 is 151 Å². The molecule has 0 nitrogen and oxygen atoms in total. The maximum Gasteiger partial charge on any atom is 0.0159 e. The second-order valence-corrected chi connectivity index (χ2v) is 43.2. The van der Waals surface area contributed by atoms with Crippen LogP contribution in [0, 0.1) is 0 Å². The fraction of sp³-hybridized carbons (Fsp3) is 0.0604. The van der Waals surface area contributed by atoms with Gasteiger partial charge in [-0.2, -0.15) is 0 Å². The van der Waals surface area contributed by atoms with Crippen LogP contribution in [0.1, 0.15) is 74.9 Å². The Bertz CT molecular complexity index is 10600. The highest BCUT2D eigenvalue weighted by molar-refractivity contribution is 6.26. The Kier molecular flexibility index (Phi) is 19.9. The number of hydrogen-bond donors (Lipinski definition) is 0. The second kappa shape index (κ2) is 34.0. The lowest BCUT2D eigenvalue weighted by Gasteiger charge is -2.24. The van der Waals surface area contributed by atoms with Gasteiger partial charge >= 0.3 is 0 Å². The highest BCUT2D eigenvalue weighted by Gasteiger charge is 2.41. The highest BCUT2D eigenvalue weighted by Crippen LogP contribution is 2.59. The maximum absolute atomic E-state index is 2.55. The quantitative estimate of drug-likeness (QED) is 0.133. The summed E-state index contributed by atoms with van der Waals surface area (Å²) in [6.07, 6.45) is 0. The molecule has 3 aliphatic rings. The zero-order chi connectivity index (χ0) is 99.2. The third-order valence-corrected chi connectivity index (χ3v) is 33.8. The molecule has 0 bridgehead atoms. The van der Waals surface area contributed by atoms with Crippen LogP contribution in [0.4, 0.5) is 0 Å². The molecule has 0 aliphatic heterocycles. The average Bonchev–Trinajstić information content (AvgIpc) is 1.58. The molecule has 0 unspecified atom stereocenters. The van der Waals surface area contributed by atoms with Gasteiger partial charge in [-0.15, -0.1) is 0 Å². The van der Waals surface area contributed by atoms with Crippen LogP contribution >= 0.6 is 0 Å². The monoisotopic (exact) mass is 1890 g/mol. The number of benzene rings is 28. The number of fused-ring (bicyclic) bond motifs is 23. The molecule has 0 heterocycles. The molecule has 149 heavy (non-hydrogen) atoms. The zero-order valence-corrected chi connectivity index (χ0v) is 84.0. The lowest BCUT2D eigenvalue weighted by Crippen LogP contribution is -2.15. The average molecular weight is 1890 g/mol. The van der Waals surface area contributed by atoms with Crippen molar-refractivity contribution in [3.63, 3.8) is 0 Å². The molecule has 0 spiro atoms. The van der Waals surface area contributed by atoms with Gasteiger partial charge in [0.05, 0.1) is 0 Å². The Hall–Kier alpha value is -18.2. The summed E-state index contributed by atoms with van der Waals surface area (Å²) in [7, 11) is 0. The number of hydrogen-bond acceptors (Lipinski definition) is 0. The molecule has 0 radical (unpaired) electrons. The summed E-state index contributed by atoms with van der Waals surface area (Å²) < 4.78 is 0. The van der Waals surface area contributed by atoms with Crippen molar-refractivity contribution in [2.24, 2.45) is 0 Å². The largest absolute Gasteiger partial charge is 0.0619 e. The van der Waals surface area contributed by atoms with Gasteiger partial charge in [0.25, 0.3) is 0 Å². The molecule has 0 atom stereocenters. The Morgan fingerprint density at radius 2 is 0.329 bits per heavy atom. The fourth-order valence-corrected chi connectivity index (χ4v) is 26.1. The third kappa shape index (κ3) is 14.2. The van der Waals surface area contributed by atoms with Crippen molar-refractivity contribution < 1.29 is 0 Å². The van der Waals surface area contributed by atoms with Crippen molar-refractivity contribution in [1.29, 1.82) is 0 Å². The second-order valence-electron chi connectivity index (χ2n) is 43.2. The van der Waals surface area contributed by atoms with E-state index in [-0.39, 0.29) is 16.2 Å². The van der Waals surface area contributed by atoms with Crippen LogP contribution in [-0.2, 0) is 16.2 Å². The SMILES string of the molecule is CC1(C)c2cc(-c3ccc4ccccc4c3)ccc2-c2cc3cc4c(-c5ccc6ccccc6c5)ccc(-c5ccc6ccccc6c5)c4cc3cc21.CC1(C)c2cc(-c3cccc4ccccc34)ccc2-c2cc3c(-c4ccc5ccccc5c4)c4ccccc4c(-c4ccc5ccccc5c4)c3cc21.CC1(C)c2ccccc2-c2cc3c(-c4ccc5ccccc5c4)c4ccccc4c(-c4ccc5ccccc5c4)c3cc21. The molecule has 31 rings (SSSR count). The van der Waals surface area contributed by atoms with Crippen molar-refractivity contribution in [2.45, 2.75) is 57.8 Å². The van der Waals surface area contributed by atoms with Gasteiger partial charge < -0.3 is 0 Å². The lowest BCUT2D eigenvalue weighted by atomic mass is 9.79. The zero-order valence-electron chi connectivity index (χ0n) is 84.0. The molecule has 28 aromatic rings. The minimum absolute atomic E-state index is 0.0739. The van der Waals surface area contributed by atoms with Crippen LogP contribution in [0.25, 0.3) is 273 Å². The summed E-state index contributed by atoms with van der Waals surface area (Å²) in [5.74, 6) is 0. The molecule has 28 aromatic carbocycles. The topological polar surface area (TPSA) is 0 Å². The van der Waals surface area contributed by atoms with E-state index in [1.54, 1.807) is 0 Å². The van der Waals surface area contributed by atoms with Crippen molar-refractivity contribution in [1.82, 2.24) is 0 Å². The summed E-state index contributed by atoms with van der Waals surface area (Å²) in [4.78, 5) is 0. The van der Waals surface area contributed by atoms with Crippen LogP contribution in [0.3, 0.4) is 0 Å². The van der Waals surface area contributed by atoms with E-state index in [9.17, 15) is 0 Å². The van der Waals surface area contributed by atoms with Gasteiger partial charge in [0.1, 0.15) is 0 Å². The van der Waals surface area contributed by atoms with E-state index in [1.165, 1.54) is 307 Å². The first-order valence-electron chi connectivity index (χ1n) is 52.5. The van der Waals surface area contributed by atoms with Crippen molar-refractivity contribution in [3.8, 4) is 122 Å². The van der Waals surface area contributed by atoms with Gasteiger partial charge in [0.2, 0.25) is 0 Å². The van der Waals surface area contributed by atoms with Gasteiger partial charge in [-0.25, -0.2) is 0 Å². The molecule has 0 N–H and O–H groups in total. The molecule has 0 saturated heterocycles. The van der Waals surface area contributed by atoms with E-state index in [2.05, 4.69) is 551 Å². The molecule has 0 amide bonds. The van der Waals surface area contributed by atoms with Gasteiger partial charge in [-0.05, 0) is 410 Å². The Labute approximate surface area is 867 Å². The Morgan fingerprint density at radius 1 is 0.101 bits per heavy atom. The molecule has 0 heteroatoms. The third-order valence-electron chi connectivity index (χ3n) is 33.8. The van der Waals surface area contributed by atoms with Crippen LogP contribution in [0.15, 0.2) is 510 Å². The molecule has 3 aliphatic carbocycles. The highest BCUT2D eigenvalue weighted by atomic mass is 14.4. The van der Waals surface area contributed by atoms with E-state index in [4.69, 9.17) is 0 Å². The molecule has 0 aromatic heterocycles. The molecule has 0 fully saturated rings. The predicted molar refractivity (Wildman–Crippen MR) is 641 cm³/mol. The molecular weight excluding hydrogens is 1790 g/mol.